The fourth-order valence-corrected chi connectivity index (χ4v) is 11.6. The summed E-state index contributed by atoms with van der Waals surface area (Å²) >= 11 is 5.96. The molecule has 1 aliphatic carbocycles. The molecule has 0 spiro atoms. The first-order valence-corrected chi connectivity index (χ1v) is 25.0. The van der Waals surface area contributed by atoms with Gasteiger partial charge in [-0.05, 0) is 0 Å². The third kappa shape index (κ3) is 4.97. The van der Waals surface area contributed by atoms with Gasteiger partial charge in [-0.1, -0.05) is 0 Å². The Hall–Kier alpha value is 0.0700. The molecule has 1 amide bonds. The maximum absolute atomic E-state index is 12.9. The molecule has 10 heteroatoms. The molecule has 3 aliphatic rings. The van der Waals surface area contributed by atoms with Gasteiger partial charge in [-0.25, -0.2) is 0 Å². The Morgan fingerprint density at radius 2 is 2.03 bits per heavy atom. The molecule has 0 saturated carbocycles. The van der Waals surface area contributed by atoms with Crippen LogP contribution < -0.4 is 4.90 Å². The summed E-state index contributed by atoms with van der Waals surface area (Å²) in [5, 5.41) is 0. The Bertz CT molecular complexity index is 921. The summed E-state index contributed by atoms with van der Waals surface area (Å²) in [6.07, 6.45) is 4.49. The number of carbonyl (C=O) groups excluding carboxylic acids is 1. The van der Waals surface area contributed by atoms with Crippen molar-refractivity contribution in [3.63, 3.8) is 0 Å². The van der Waals surface area contributed by atoms with Crippen molar-refractivity contribution in [2.24, 2.45) is 0 Å². The van der Waals surface area contributed by atoms with Gasteiger partial charge in [0.25, 0.3) is 0 Å². The van der Waals surface area contributed by atoms with Crippen molar-refractivity contribution in [1.29, 1.82) is 0 Å². The van der Waals surface area contributed by atoms with E-state index in [1.54, 1.807) is 11.3 Å². The summed E-state index contributed by atoms with van der Waals surface area (Å²) in [7, 11) is 0. The number of halogens is 3. The van der Waals surface area contributed by atoms with Crippen molar-refractivity contribution in [3.05, 3.63) is 45.9 Å². The van der Waals surface area contributed by atoms with Crippen LogP contribution in [0.25, 0.3) is 0 Å². The van der Waals surface area contributed by atoms with Gasteiger partial charge >= 0.3 is 177 Å². The molecule has 2 fully saturated rings. The van der Waals surface area contributed by atoms with Crippen molar-refractivity contribution in [3.8, 4) is 0 Å². The third-order valence-corrected chi connectivity index (χ3v) is 16.3. The second kappa shape index (κ2) is 10.1. The molecule has 5 rings (SSSR count). The maximum atomic E-state index is 12.9. The standard InChI is InChI=1S/C21H25I3N4O2S/c22-24(23)27-8-6-26(7-9-27)16-1-2-18-15-3-5-28(20(11-15)19(18)12-16)21(29)30-10-4-17-13-25-14-31-17/h1-2,12-15,20H,3-11H2. The molecule has 0 N–H and O–H groups in total. The first kappa shape index (κ1) is 22.8. The molecule has 6 nitrogen and oxygen atoms in total. The molecule has 2 unspecified atom stereocenters. The molecule has 168 valence electrons. The predicted octanol–water partition coefficient (Wildman–Crippen LogP) is 6.00. The summed E-state index contributed by atoms with van der Waals surface area (Å²) in [6.45, 7) is 5.72. The van der Waals surface area contributed by atoms with Gasteiger partial charge in [0.05, 0.1) is 5.51 Å². The Kier molecular flexibility index (Phi) is 7.47. The number of likely N-dealkylation sites (tertiary alicyclic amines) is 1. The molecule has 2 saturated heterocycles. The molecule has 1 aromatic heterocycles. The first-order valence-electron chi connectivity index (χ1n) is 10.6. The van der Waals surface area contributed by atoms with Gasteiger partial charge in [0, 0.05) is 17.5 Å². The van der Waals surface area contributed by atoms with E-state index in [4.69, 9.17) is 4.74 Å². The van der Waals surface area contributed by atoms with E-state index < -0.39 is 12.1 Å². The Morgan fingerprint density at radius 3 is 2.77 bits per heavy atom. The van der Waals surface area contributed by atoms with Crippen molar-refractivity contribution in [2.75, 3.05) is 44.2 Å². The van der Waals surface area contributed by atoms with Crippen LogP contribution in [0.4, 0.5) is 10.5 Å². The van der Waals surface area contributed by atoms with Crippen LogP contribution in [-0.4, -0.2) is 58.4 Å². The molecular weight excluding hydrogens is 753 g/mol. The topological polar surface area (TPSA) is 48.9 Å². The van der Waals surface area contributed by atoms with Gasteiger partial charge in [-0.3, -0.25) is 4.98 Å². The fourth-order valence-electron chi connectivity index (χ4n) is 4.94. The number of anilines is 1. The van der Waals surface area contributed by atoms with Crippen LogP contribution in [0.15, 0.2) is 29.9 Å². The molecular formula is C21H25I3N4O2S. The summed E-state index contributed by atoms with van der Waals surface area (Å²) in [6, 6.07) is 7.16. The molecule has 2 atom stereocenters. The van der Waals surface area contributed by atoms with E-state index in [1.165, 1.54) is 16.8 Å². The van der Waals surface area contributed by atoms with Crippen LogP contribution in [0, 0.1) is 0 Å². The second-order valence-corrected chi connectivity index (χ2v) is 32.4. The van der Waals surface area contributed by atoms with Crippen LogP contribution in [0.2, 0.25) is 0 Å². The number of thiazole rings is 1. The number of aromatic nitrogens is 1. The van der Waals surface area contributed by atoms with Crippen molar-refractivity contribution < 1.29 is 9.53 Å². The van der Waals surface area contributed by atoms with Crippen molar-refractivity contribution in [1.82, 2.24) is 13.0 Å². The molecule has 0 radical (unpaired) electrons. The molecule has 31 heavy (non-hydrogen) atoms. The van der Waals surface area contributed by atoms with E-state index in [0.717, 1.165) is 56.9 Å². The number of ether oxygens (including phenoxy) is 1. The molecule has 2 aromatic rings. The van der Waals surface area contributed by atoms with Crippen molar-refractivity contribution in [2.45, 2.75) is 31.2 Å². The zero-order chi connectivity index (χ0) is 21.4. The molecule has 2 aliphatic heterocycles. The number of hydrogen-bond donors (Lipinski definition) is 0. The SMILES string of the molecule is O=C(OCCc1cncs1)N1CCC2CC1c1cc(N3CCN(I(I)I)CC3)ccc12. The van der Waals surface area contributed by atoms with Gasteiger partial charge in [-0.15, -0.1) is 11.3 Å². The number of rotatable bonds is 5. The van der Waals surface area contributed by atoms with E-state index in [0.29, 0.717) is 12.5 Å². The van der Waals surface area contributed by atoms with E-state index in [1.807, 2.05) is 16.6 Å². The zero-order valence-electron chi connectivity index (χ0n) is 17.1. The van der Waals surface area contributed by atoms with Gasteiger partial charge < -0.3 is 0 Å². The number of hydrogen-bond acceptors (Lipinski definition) is 6. The normalized spacial score (nSPS) is 23.6. The average Bonchev–Trinajstić information content (AvgIpc) is 3.40. The summed E-state index contributed by atoms with van der Waals surface area (Å²) in [5.74, 6) is 0.581. The average molecular weight is 778 g/mol. The van der Waals surface area contributed by atoms with Gasteiger partial charge in [0.1, 0.15) is 0 Å². The number of carbonyl (C=O) groups is 1. The quantitative estimate of drug-likeness (QED) is 0.276. The summed E-state index contributed by atoms with van der Waals surface area (Å²) in [4.78, 5) is 22.6. The van der Waals surface area contributed by atoms with Crippen LogP contribution in [-0.2, 0) is 11.2 Å². The van der Waals surface area contributed by atoms with Crippen LogP contribution in [0.1, 0.15) is 40.8 Å². The minimum absolute atomic E-state index is 0.160. The van der Waals surface area contributed by atoms with E-state index >= 15 is 0 Å². The third-order valence-electron chi connectivity index (χ3n) is 6.53. The Morgan fingerprint density at radius 1 is 1.19 bits per heavy atom. The summed E-state index contributed by atoms with van der Waals surface area (Å²) < 4.78 is 8.33. The molecule has 2 bridgehead atoms. The van der Waals surface area contributed by atoms with Crippen LogP contribution in [0.5, 0.6) is 0 Å². The summed E-state index contributed by atoms with van der Waals surface area (Å²) in [5.41, 5.74) is 5.92. The second-order valence-electron chi connectivity index (χ2n) is 8.15. The van der Waals surface area contributed by atoms with E-state index in [-0.39, 0.29) is 12.1 Å². The van der Waals surface area contributed by atoms with Gasteiger partial charge in [-0.2, -0.15) is 0 Å². The number of piperidine rings is 1. The minimum atomic E-state index is -0.931. The molecule has 1 aromatic carbocycles. The Labute approximate surface area is 214 Å². The van der Waals surface area contributed by atoms with Crippen LogP contribution in [0.3, 0.4) is 0 Å². The predicted molar refractivity (Wildman–Crippen MR) is 151 cm³/mol. The number of fused-ring (bicyclic) bond motifs is 5. The first-order chi connectivity index (χ1) is 15.1. The van der Waals surface area contributed by atoms with E-state index in [9.17, 15) is 4.79 Å². The van der Waals surface area contributed by atoms with Gasteiger partial charge in [0.15, 0.2) is 0 Å². The Balaban J connectivity index is 1.26. The molecule has 3 heterocycles. The van der Waals surface area contributed by atoms with Crippen LogP contribution >= 0.6 is 60.7 Å². The number of benzene rings is 1. The van der Waals surface area contributed by atoms with E-state index in [2.05, 4.69) is 68.4 Å². The van der Waals surface area contributed by atoms with Gasteiger partial charge in [0.2, 0.25) is 0 Å². The fraction of sp³-hybridized carbons (Fsp3) is 0.524. The monoisotopic (exact) mass is 778 g/mol. The number of piperazine rings is 1. The zero-order valence-corrected chi connectivity index (χ0v) is 24.3. The van der Waals surface area contributed by atoms with Crippen molar-refractivity contribution >= 4 is 72.5 Å². The number of nitrogens with zero attached hydrogens (tertiary/aromatic N) is 4. The number of amides is 1.